The molecular weight excluding hydrogens is 347 g/mol. The predicted octanol–water partition coefficient (Wildman–Crippen LogP) is 3.01. The summed E-state index contributed by atoms with van der Waals surface area (Å²) in [7, 11) is 3.30. The van der Waals surface area contributed by atoms with E-state index >= 15 is 0 Å². The maximum atomic E-state index is 13.3. The standard InChI is InChI=1S/C21H27FN2O3/c1-25-19-11-16(12-20(13-19)26-2)14-23-15-21(24-7-9-27-10-8-24)17-3-5-18(22)6-4-17/h3-6,11-13,21,23H,7-10,14-15H2,1-2H3. The summed E-state index contributed by atoms with van der Waals surface area (Å²) in [6.45, 7) is 4.64. The van der Waals surface area contributed by atoms with E-state index in [4.69, 9.17) is 14.2 Å². The Balaban J connectivity index is 1.68. The summed E-state index contributed by atoms with van der Waals surface area (Å²) < 4.78 is 29.5. The van der Waals surface area contributed by atoms with Crippen LogP contribution in [0.2, 0.25) is 0 Å². The normalized spacial score (nSPS) is 16.1. The number of hydrogen-bond donors (Lipinski definition) is 1. The minimum absolute atomic E-state index is 0.169. The molecule has 5 nitrogen and oxygen atoms in total. The van der Waals surface area contributed by atoms with E-state index in [1.807, 2.05) is 30.3 Å². The summed E-state index contributed by atoms with van der Waals surface area (Å²) in [5.41, 5.74) is 2.19. The molecule has 0 saturated carbocycles. The predicted molar refractivity (Wildman–Crippen MR) is 103 cm³/mol. The highest BCUT2D eigenvalue weighted by Gasteiger charge is 2.22. The highest BCUT2D eigenvalue weighted by atomic mass is 19.1. The third-order valence-corrected chi connectivity index (χ3v) is 4.82. The quantitative estimate of drug-likeness (QED) is 0.769. The van der Waals surface area contributed by atoms with Gasteiger partial charge in [0.05, 0.1) is 27.4 Å². The monoisotopic (exact) mass is 374 g/mol. The summed E-state index contributed by atoms with van der Waals surface area (Å²) in [6, 6.07) is 12.8. The molecule has 0 radical (unpaired) electrons. The summed E-state index contributed by atoms with van der Waals surface area (Å²) in [4.78, 5) is 2.38. The minimum Gasteiger partial charge on any atom is -0.497 e. The molecule has 1 saturated heterocycles. The van der Waals surface area contributed by atoms with Crippen molar-refractivity contribution in [3.63, 3.8) is 0 Å². The van der Waals surface area contributed by atoms with Gasteiger partial charge in [-0.3, -0.25) is 4.90 Å². The summed E-state index contributed by atoms with van der Waals surface area (Å²) >= 11 is 0. The van der Waals surface area contributed by atoms with Crippen molar-refractivity contribution in [3.05, 3.63) is 59.4 Å². The Morgan fingerprint density at radius 2 is 1.67 bits per heavy atom. The van der Waals surface area contributed by atoms with Gasteiger partial charge in [0.2, 0.25) is 0 Å². The first-order chi connectivity index (χ1) is 13.2. The summed E-state index contributed by atoms with van der Waals surface area (Å²) in [5, 5.41) is 3.53. The SMILES string of the molecule is COc1cc(CNCC(c2ccc(F)cc2)N2CCOCC2)cc(OC)c1. The average molecular weight is 374 g/mol. The number of nitrogens with zero attached hydrogens (tertiary/aromatic N) is 1. The van der Waals surface area contributed by atoms with Gasteiger partial charge >= 0.3 is 0 Å². The van der Waals surface area contributed by atoms with Crippen LogP contribution in [-0.4, -0.2) is 52.0 Å². The van der Waals surface area contributed by atoms with Crippen molar-refractivity contribution < 1.29 is 18.6 Å². The lowest BCUT2D eigenvalue weighted by Gasteiger charge is -2.35. The molecule has 146 valence electrons. The molecule has 1 heterocycles. The molecule has 27 heavy (non-hydrogen) atoms. The highest BCUT2D eigenvalue weighted by Crippen LogP contribution is 2.24. The van der Waals surface area contributed by atoms with Crippen LogP contribution in [0.4, 0.5) is 4.39 Å². The molecule has 0 aliphatic carbocycles. The number of methoxy groups -OCH3 is 2. The Bertz CT molecular complexity index is 696. The van der Waals surface area contributed by atoms with Gasteiger partial charge in [0.25, 0.3) is 0 Å². The zero-order valence-electron chi connectivity index (χ0n) is 15.9. The molecule has 1 unspecified atom stereocenters. The lowest BCUT2D eigenvalue weighted by molar-refractivity contribution is 0.0161. The van der Waals surface area contributed by atoms with Gasteiger partial charge in [-0.05, 0) is 35.4 Å². The van der Waals surface area contributed by atoms with Crippen LogP contribution in [0.3, 0.4) is 0 Å². The van der Waals surface area contributed by atoms with E-state index in [0.29, 0.717) is 6.54 Å². The largest absolute Gasteiger partial charge is 0.497 e. The fourth-order valence-electron chi connectivity index (χ4n) is 3.35. The second kappa shape index (κ2) is 9.69. The Morgan fingerprint density at radius 3 is 2.26 bits per heavy atom. The smallest absolute Gasteiger partial charge is 0.123 e. The van der Waals surface area contributed by atoms with Crippen LogP contribution in [0.25, 0.3) is 0 Å². The van der Waals surface area contributed by atoms with Gasteiger partial charge in [-0.2, -0.15) is 0 Å². The van der Waals surface area contributed by atoms with Gasteiger partial charge < -0.3 is 19.5 Å². The third-order valence-electron chi connectivity index (χ3n) is 4.82. The number of ether oxygens (including phenoxy) is 3. The van der Waals surface area contributed by atoms with Crippen LogP contribution in [0.15, 0.2) is 42.5 Å². The number of morpholine rings is 1. The van der Waals surface area contributed by atoms with E-state index in [1.54, 1.807) is 14.2 Å². The van der Waals surface area contributed by atoms with Crippen LogP contribution >= 0.6 is 0 Å². The zero-order chi connectivity index (χ0) is 19.1. The Labute approximate surface area is 160 Å². The number of nitrogens with one attached hydrogen (secondary N) is 1. The second-order valence-electron chi connectivity index (χ2n) is 6.57. The summed E-state index contributed by atoms with van der Waals surface area (Å²) in [6.07, 6.45) is 0. The van der Waals surface area contributed by atoms with Gasteiger partial charge in [0, 0.05) is 38.3 Å². The molecule has 0 bridgehead atoms. The van der Waals surface area contributed by atoms with Crippen LogP contribution in [0.1, 0.15) is 17.2 Å². The van der Waals surface area contributed by atoms with Crippen molar-refractivity contribution >= 4 is 0 Å². The highest BCUT2D eigenvalue weighted by molar-refractivity contribution is 5.38. The number of rotatable bonds is 8. The third kappa shape index (κ3) is 5.42. The maximum absolute atomic E-state index is 13.3. The lowest BCUT2D eigenvalue weighted by Crippen LogP contribution is -2.42. The van der Waals surface area contributed by atoms with Crippen molar-refractivity contribution in [1.82, 2.24) is 10.2 Å². The van der Waals surface area contributed by atoms with Crippen LogP contribution < -0.4 is 14.8 Å². The zero-order valence-corrected chi connectivity index (χ0v) is 15.9. The van der Waals surface area contributed by atoms with Crippen molar-refractivity contribution in [3.8, 4) is 11.5 Å². The molecule has 3 rings (SSSR count). The van der Waals surface area contributed by atoms with Gasteiger partial charge in [-0.1, -0.05) is 12.1 Å². The molecule has 1 N–H and O–H groups in total. The first-order valence-electron chi connectivity index (χ1n) is 9.19. The van der Waals surface area contributed by atoms with Gasteiger partial charge in [-0.25, -0.2) is 4.39 Å². The summed E-state index contributed by atoms with van der Waals surface area (Å²) in [5.74, 6) is 1.33. The molecule has 1 atom stereocenters. The number of halogens is 1. The van der Waals surface area contributed by atoms with E-state index in [2.05, 4.69) is 10.2 Å². The first-order valence-corrected chi connectivity index (χ1v) is 9.19. The first kappa shape index (κ1) is 19.6. The Morgan fingerprint density at radius 1 is 1.04 bits per heavy atom. The van der Waals surface area contributed by atoms with E-state index in [0.717, 1.165) is 55.5 Å². The second-order valence-corrected chi connectivity index (χ2v) is 6.57. The van der Waals surface area contributed by atoms with E-state index in [1.165, 1.54) is 12.1 Å². The van der Waals surface area contributed by atoms with Crippen molar-refractivity contribution in [2.75, 3.05) is 47.1 Å². The van der Waals surface area contributed by atoms with Crippen LogP contribution in [0, 0.1) is 5.82 Å². The molecule has 6 heteroatoms. The lowest BCUT2D eigenvalue weighted by atomic mass is 10.0. The molecular formula is C21H27FN2O3. The van der Waals surface area contributed by atoms with E-state index in [9.17, 15) is 4.39 Å². The van der Waals surface area contributed by atoms with Crippen LogP contribution in [-0.2, 0) is 11.3 Å². The topological polar surface area (TPSA) is 43.0 Å². The van der Waals surface area contributed by atoms with Crippen molar-refractivity contribution in [2.45, 2.75) is 12.6 Å². The van der Waals surface area contributed by atoms with Gasteiger partial charge in [0.15, 0.2) is 0 Å². The Kier molecular flexibility index (Phi) is 7.04. The molecule has 2 aromatic carbocycles. The van der Waals surface area contributed by atoms with Gasteiger partial charge in [0.1, 0.15) is 17.3 Å². The molecule has 0 aromatic heterocycles. The molecule has 1 aliphatic rings. The average Bonchev–Trinajstić information content (AvgIpc) is 2.72. The fraction of sp³-hybridized carbons (Fsp3) is 0.429. The fourth-order valence-corrected chi connectivity index (χ4v) is 3.35. The number of benzene rings is 2. The molecule has 0 spiro atoms. The number of hydrogen-bond acceptors (Lipinski definition) is 5. The van der Waals surface area contributed by atoms with Gasteiger partial charge in [-0.15, -0.1) is 0 Å². The molecule has 1 aliphatic heterocycles. The molecule has 2 aromatic rings. The molecule has 1 fully saturated rings. The van der Waals surface area contributed by atoms with Crippen molar-refractivity contribution in [2.24, 2.45) is 0 Å². The van der Waals surface area contributed by atoms with E-state index in [-0.39, 0.29) is 11.9 Å². The molecule has 0 amide bonds. The van der Waals surface area contributed by atoms with E-state index < -0.39 is 0 Å². The minimum atomic E-state index is -0.212. The van der Waals surface area contributed by atoms with Crippen molar-refractivity contribution in [1.29, 1.82) is 0 Å². The van der Waals surface area contributed by atoms with Crippen LogP contribution in [0.5, 0.6) is 11.5 Å². The maximum Gasteiger partial charge on any atom is 0.123 e. The Hall–Kier alpha value is -2.15.